The highest BCUT2D eigenvalue weighted by molar-refractivity contribution is 6.26. The lowest BCUT2D eigenvalue weighted by Gasteiger charge is -2.21. The van der Waals surface area contributed by atoms with Crippen LogP contribution in [0.25, 0.3) is 82.5 Å². The maximum Gasteiger partial charge on any atom is 0.137 e. The Morgan fingerprint density at radius 1 is 0.467 bits per heavy atom. The third-order valence-electron chi connectivity index (χ3n) is 9.54. The fourth-order valence-corrected chi connectivity index (χ4v) is 7.67. The summed E-state index contributed by atoms with van der Waals surface area (Å²) in [6.45, 7) is 0. The maximum atomic E-state index is 6.39. The molecule has 3 heterocycles. The zero-order valence-electron chi connectivity index (χ0n) is 24.6. The molecule has 0 unspecified atom stereocenters. The summed E-state index contributed by atoms with van der Waals surface area (Å²) in [6.07, 6.45) is 6.87. The lowest BCUT2D eigenvalue weighted by atomic mass is 9.95. The number of hydrogen-bond acceptors (Lipinski definition) is 1. The summed E-state index contributed by atoms with van der Waals surface area (Å²) in [7, 11) is 0. The largest absolute Gasteiger partial charge is 0.456 e. The van der Waals surface area contributed by atoms with Crippen LogP contribution < -0.4 is 0 Å². The van der Waals surface area contributed by atoms with E-state index in [4.69, 9.17) is 4.42 Å². The first-order valence-corrected chi connectivity index (χ1v) is 15.7. The molecule has 3 aromatic heterocycles. The Balaban J connectivity index is 1.23. The van der Waals surface area contributed by atoms with Gasteiger partial charge in [0.2, 0.25) is 0 Å². The van der Waals surface area contributed by atoms with E-state index < -0.39 is 0 Å². The quantitative estimate of drug-likeness (QED) is 0.205. The lowest BCUT2D eigenvalue weighted by Crippen LogP contribution is -2.04. The number of hydrogen-bond donors (Lipinski definition) is 0. The Hall–Kier alpha value is -5.80. The van der Waals surface area contributed by atoms with E-state index in [1.165, 1.54) is 71.5 Å². The fraction of sp³-hybridized carbons (Fsp3) is 0.0476. The van der Waals surface area contributed by atoms with Crippen molar-refractivity contribution >= 4 is 76.8 Å². The molecule has 0 saturated carbocycles. The summed E-state index contributed by atoms with van der Waals surface area (Å²) < 4.78 is 11.3. The Morgan fingerprint density at radius 3 is 1.84 bits per heavy atom. The van der Waals surface area contributed by atoms with Crippen molar-refractivity contribution in [1.29, 1.82) is 0 Å². The fourth-order valence-electron chi connectivity index (χ4n) is 7.67. The second kappa shape index (κ2) is 9.35. The Kier molecular flexibility index (Phi) is 5.11. The van der Waals surface area contributed by atoms with Gasteiger partial charge in [0, 0.05) is 43.9 Å². The summed E-state index contributed by atoms with van der Waals surface area (Å²) in [5, 5.41) is 7.37. The summed E-state index contributed by atoms with van der Waals surface area (Å²) in [5.74, 6) is 0. The van der Waals surface area contributed by atoms with Gasteiger partial charge < -0.3 is 13.6 Å². The van der Waals surface area contributed by atoms with Crippen LogP contribution in [-0.2, 0) is 0 Å². The minimum absolute atomic E-state index is 0.919. The summed E-state index contributed by atoms with van der Waals surface area (Å²) in [6, 6.07) is 48.1. The molecule has 0 amide bonds. The molecule has 10 rings (SSSR count). The smallest absolute Gasteiger partial charge is 0.137 e. The van der Waals surface area contributed by atoms with Gasteiger partial charge in [-0.3, -0.25) is 0 Å². The van der Waals surface area contributed by atoms with Crippen molar-refractivity contribution in [3.63, 3.8) is 0 Å². The van der Waals surface area contributed by atoms with Crippen molar-refractivity contribution in [3.05, 3.63) is 151 Å². The summed E-state index contributed by atoms with van der Waals surface area (Å²) in [4.78, 5) is 0. The van der Waals surface area contributed by atoms with Crippen molar-refractivity contribution in [2.45, 2.75) is 12.8 Å². The van der Waals surface area contributed by atoms with Gasteiger partial charge in [-0.15, -0.1) is 0 Å². The first-order chi connectivity index (χ1) is 22.3. The van der Waals surface area contributed by atoms with Gasteiger partial charge in [0.15, 0.2) is 0 Å². The van der Waals surface area contributed by atoms with E-state index in [0.29, 0.717) is 0 Å². The molecule has 0 N–H and O–H groups in total. The molecule has 3 nitrogen and oxygen atoms in total. The monoisotopic (exact) mass is 576 g/mol. The molecule has 6 aromatic carbocycles. The highest BCUT2D eigenvalue weighted by Gasteiger charge is 2.23. The SMILES string of the molecule is C1=C(c2cccc(-n3c4ccccc4c4ccccc43)c2)C(n2c3ccccc3c3ccc4oc5ccccc5c4c32)=CCC1. The van der Waals surface area contributed by atoms with Gasteiger partial charge in [0.25, 0.3) is 0 Å². The van der Waals surface area contributed by atoms with E-state index >= 15 is 0 Å². The van der Waals surface area contributed by atoms with Crippen LogP contribution in [-0.4, -0.2) is 9.13 Å². The minimum Gasteiger partial charge on any atom is -0.456 e. The molecule has 3 heteroatoms. The number of rotatable bonds is 3. The third-order valence-corrected chi connectivity index (χ3v) is 9.54. The van der Waals surface area contributed by atoms with Gasteiger partial charge >= 0.3 is 0 Å². The predicted octanol–water partition coefficient (Wildman–Crippen LogP) is 11.5. The third kappa shape index (κ3) is 3.46. The van der Waals surface area contributed by atoms with Crippen LogP contribution in [0.15, 0.2) is 150 Å². The summed E-state index contributed by atoms with van der Waals surface area (Å²) in [5.41, 5.74) is 11.6. The predicted molar refractivity (Wildman–Crippen MR) is 189 cm³/mol. The van der Waals surface area contributed by atoms with E-state index in [-0.39, 0.29) is 0 Å². The maximum absolute atomic E-state index is 6.39. The zero-order chi connectivity index (χ0) is 29.5. The molecular formula is C42H28N2O. The first-order valence-electron chi connectivity index (χ1n) is 15.7. The highest BCUT2D eigenvalue weighted by Crippen LogP contribution is 2.44. The molecule has 45 heavy (non-hydrogen) atoms. The van der Waals surface area contributed by atoms with Crippen molar-refractivity contribution < 1.29 is 4.42 Å². The Morgan fingerprint density at radius 2 is 1.09 bits per heavy atom. The first kappa shape index (κ1) is 24.6. The second-order valence-corrected chi connectivity index (χ2v) is 12.0. The Bertz CT molecular complexity index is 2660. The van der Waals surface area contributed by atoms with Crippen molar-refractivity contribution in [2.24, 2.45) is 0 Å². The minimum atomic E-state index is 0.919. The molecule has 0 fully saturated rings. The van der Waals surface area contributed by atoms with E-state index in [1.54, 1.807) is 0 Å². The number of fused-ring (bicyclic) bond motifs is 10. The molecule has 0 atom stereocenters. The molecule has 0 radical (unpaired) electrons. The van der Waals surface area contributed by atoms with Gasteiger partial charge in [0.1, 0.15) is 11.2 Å². The molecular weight excluding hydrogens is 548 g/mol. The number of benzene rings is 6. The standard InChI is InChI=1S/C42H28N2O/c1-6-19-35(44-38-22-9-4-17-32(38)33-24-25-40-41(42(33)44)34-18-5-10-23-39(34)45-40)29(14-1)27-12-11-13-28(26-27)43-36-20-7-2-15-30(36)31-16-3-8-21-37(31)43/h2-5,7-26H,1,6H2. The van der Waals surface area contributed by atoms with Crippen molar-refractivity contribution in [2.75, 3.05) is 0 Å². The Labute approximate surface area is 259 Å². The summed E-state index contributed by atoms with van der Waals surface area (Å²) >= 11 is 0. The van der Waals surface area contributed by atoms with Crippen LogP contribution in [0, 0.1) is 0 Å². The van der Waals surface area contributed by atoms with Crippen LogP contribution in [0.1, 0.15) is 18.4 Å². The number of para-hydroxylation sites is 4. The van der Waals surface area contributed by atoms with E-state index in [0.717, 1.165) is 29.4 Å². The molecule has 0 spiro atoms. The molecule has 1 aliphatic rings. The van der Waals surface area contributed by atoms with E-state index in [9.17, 15) is 0 Å². The van der Waals surface area contributed by atoms with Gasteiger partial charge in [-0.2, -0.15) is 0 Å². The molecule has 1 aliphatic carbocycles. The molecule has 0 saturated heterocycles. The van der Waals surface area contributed by atoms with E-state index in [2.05, 4.69) is 149 Å². The van der Waals surface area contributed by atoms with E-state index in [1.807, 2.05) is 6.07 Å². The number of allylic oxidation sites excluding steroid dienone is 4. The van der Waals surface area contributed by atoms with Crippen LogP contribution in [0.5, 0.6) is 0 Å². The van der Waals surface area contributed by atoms with Crippen molar-refractivity contribution in [3.8, 4) is 5.69 Å². The van der Waals surface area contributed by atoms with Crippen LogP contribution in [0.2, 0.25) is 0 Å². The molecule has 0 aliphatic heterocycles. The number of nitrogens with zero attached hydrogens (tertiary/aromatic N) is 2. The van der Waals surface area contributed by atoms with Gasteiger partial charge in [0.05, 0.1) is 27.5 Å². The highest BCUT2D eigenvalue weighted by atomic mass is 16.3. The van der Waals surface area contributed by atoms with Crippen molar-refractivity contribution in [1.82, 2.24) is 9.13 Å². The average Bonchev–Trinajstić information content (AvgIpc) is 3.76. The average molecular weight is 577 g/mol. The van der Waals surface area contributed by atoms with Crippen LogP contribution in [0.3, 0.4) is 0 Å². The molecule has 212 valence electrons. The molecule has 9 aromatic rings. The zero-order valence-corrected chi connectivity index (χ0v) is 24.6. The van der Waals surface area contributed by atoms with Crippen LogP contribution in [0.4, 0.5) is 0 Å². The molecule has 0 bridgehead atoms. The number of aromatic nitrogens is 2. The van der Waals surface area contributed by atoms with Crippen LogP contribution >= 0.6 is 0 Å². The normalized spacial score (nSPS) is 13.9. The van der Waals surface area contributed by atoms with Gasteiger partial charge in [-0.1, -0.05) is 97.1 Å². The lowest BCUT2D eigenvalue weighted by molar-refractivity contribution is 0.669. The number of furan rings is 1. The van der Waals surface area contributed by atoms with Gasteiger partial charge in [-0.05, 0) is 66.9 Å². The topological polar surface area (TPSA) is 23.0 Å². The van der Waals surface area contributed by atoms with Gasteiger partial charge in [-0.25, -0.2) is 0 Å². The second-order valence-electron chi connectivity index (χ2n) is 12.0.